The minimum atomic E-state index is -5.00. The fourth-order valence-electron chi connectivity index (χ4n) is 5.93. The van der Waals surface area contributed by atoms with Gasteiger partial charge in [0.1, 0.15) is 12.0 Å². The number of nitrogens with zero attached hydrogens (tertiary/aromatic N) is 1. The van der Waals surface area contributed by atoms with Crippen LogP contribution in [0.1, 0.15) is 59.6 Å². The van der Waals surface area contributed by atoms with Crippen molar-refractivity contribution in [1.82, 2.24) is 4.90 Å². The molecule has 1 aliphatic carbocycles. The maximum atomic E-state index is 13.9. The van der Waals surface area contributed by atoms with Crippen LogP contribution in [0.25, 0.3) is 0 Å². The van der Waals surface area contributed by atoms with Crippen LogP contribution in [-0.4, -0.2) is 42.1 Å². The molecule has 2 fully saturated rings. The van der Waals surface area contributed by atoms with Crippen LogP contribution in [0.3, 0.4) is 0 Å². The summed E-state index contributed by atoms with van der Waals surface area (Å²) in [5.41, 5.74) is -1.96. The Bertz CT molecular complexity index is 1180. The third-order valence-electron chi connectivity index (χ3n) is 7.76. The van der Waals surface area contributed by atoms with Gasteiger partial charge in [-0.15, -0.1) is 0 Å². The number of aliphatic hydroxyl groups is 1. The van der Waals surface area contributed by atoms with E-state index in [4.69, 9.17) is 9.47 Å². The quantitative estimate of drug-likeness (QED) is 0.415. The van der Waals surface area contributed by atoms with E-state index in [1.165, 1.54) is 31.1 Å². The summed E-state index contributed by atoms with van der Waals surface area (Å²) in [6, 6.07) is 5.46. The summed E-state index contributed by atoms with van der Waals surface area (Å²) in [6.07, 6.45) is -13.1. The zero-order valence-corrected chi connectivity index (χ0v) is 21.3. The molecule has 12 heteroatoms. The highest BCUT2D eigenvalue weighted by molar-refractivity contribution is 5.68. The molecule has 39 heavy (non-hydrogen) atoms. The second-order valence-electron chi connectivity index (χ2n) is 10.1. The second kappa shape index (κ2) is 10.6. The van der Waals surface area contributed by atoms with Crippen molar-refractivity contribution in [3.05, 3.63) is 70.0 Å². The lowest BCUT2D eigenvalue weighted by molar-refractivity contribution is -0.143. The third kappa shape index (κ3) is 5.86. The molecule has 4 rings (SSSR count). The van der Waals surface area contributed by atoms with Crippen molar-refractivity contribution < 1.29 is 50.1 Å². The number of amides is 1. The van der Waals surface area contributed by atoms with Gasteiger partial charge in [0.05, 0.1) is 30.4 Å². The zero-order chi connectivity index (χ0) is 28.9. The maximum Gasteiger partial charge on any atom is 0.416 e. The highest BCUT2D eigenvalue weighted by atomic mass is 19.4. The number of ether oxygens (including phenoxy) is 2. The van der Waals surface area contributed by atoms with Crippen LogP contribution in [0.5, 0.6) is 0 Å². The molecular formula is C27H28F7NO4. The number of likely N-dealkylation sites (tertiary alicyclic amines) is 1. The molecule has 5 nitrogen and oxygen atoms in total. The SMILES string of the molecule is COC(=O)N1C[C@H]2[C@H](c3ccc(F)cc3C)[C@@H](O[C@H](C)c3cc(C(F)(F)F)cc(C(F)(F)F)c3)CC[C@@H]2C1O. The smallest absolute Gasteiger partial charge is 0.416 e. The molecule has 1 aliphatic heterocycles. The third-order valence-corrected chi connectivity index (χ3v) is 7.76. The van der Waals surface area contributed by atoms with Crippen molar-refractivity contribution in [2.24, 2.45) is 11.8 Å². The number of hydrogen-bond donors (Lipinski definition) is 1. The molecule has 2 aliphatic rings. The van der Waals surface area contributed by atoms with Gasteiger partial charge in [-0.2, -0.15) is 26.3 Å². The number of benzene rings is 2. The summed E-state index contributed by atoms with van der Waals surface area (Å²) in [6.45, 7) is 3.13. The van der Waals surface area contributed by atoms with E-state index >= 15 is 0 Å². The van der Waals surface area contributed by atoms with Crippen molar-refractivity contribution in [1.29, 1.82) is 0 Å². The van der Waals surface area contributed by atoms with Crippen molar-refractivity contribution in [3.63, 3.8) is 0 Å². The molecule has 6 atom stereocenters. The second-order valence-corrected chi connectivity index (χ2v) is 10.1. The first kappa shape index (κ1) is 29.1. The van der Waals surface area contributed by atoms with Gasteiger partial charge in [-0.25, -0.2) is 9.18 Å². The van der Waals surface area contributed by atoms with E-state index in [-0.39, 0.29) is 30.0 Å². The Labute approximate surface area is 220 Å². The first-order chi connectivity index (χ1) is 18.1. The van der Waals surface area contributed by atoms with Crippen LogP contribution >= 0.6 is 0 Å². The van der Waals surface area contributed by atoms with Crippen LogP contribution in [0.15, 0.2) is 36.4 Å². The molecule has 0 spiro atoms. The van der Waals surface area contributed by atoms with E-state index < -0.39 is 59.7 Å². The van der Waals surface area contributed by atoms with E-state index in [0.29, 0.717) is 36.1 Å². The highest BCUT2D eigenvalue weighted by Crippen LogP contribution is 2.50. The monoisotopic (exact) mass is 563 g/mol. The molecule has 0 bridgehead atoms. The van der Waals surface area contributed by atoms with Gasteiger partial charge in [0.15, 0.2) is 0 Å². The molecule has 1 heterocycles. The van der Waals surface area contributed by atoms with Gasteiger partial charge in [-0.05, 0) is 79.6 Å². The molecular weight excluding hydrogens is 535 g/mol. The van der Waals surface area contributed by atoms with Crippen LogP contribution < -0.4 is 0 Å². The van der Waals surface area contributed by atoms with Crippen molar-refractivity contribution in [2.75, 3.05) is 13.7 Å². The molecule has 2 aromatic carbocycles. The van der Waals surface area contributed by atoms with E-state index in [9.17, 15) is 40.6 Å². The average molecular weight is 564 g/mol. The number of methoxy groups -OCH3 is 1. The van der Waals surface area contributed by atoms with Gasteiger partial charge in [0.25, 0.3) is 0 Å². The predicted molar refractivity (Wildman–Crippen MR) is 125 cm³/mol. The lowest BCUT2D eigenvalue weighted by Gasteiger charge is -2.41. The Morgan fingerprint density at radius 3 is 2.15 bits per heavy atom. The Hall–Kier alpha value is -2.86. The maximum absolute atomic E-state index is 13.9. The molecule has 1 N–H and O–H groups in total. The standard InChI is InChI=1S/C27H28F7NO4/c1-13-8-18(28)4-5-19(13)23-21-12-35(25(37)38-3)24(36)20(21)6-7-22(23)39-14(2)15-9-16(26(29,30)31)11-17(10-15)27(32,33)34/h4-5,8-11,14,20-24,36H,6-7,12H2,1-3H3/t14-,20+,21-,22+,23+,24?/m1/s1. The Morgan fingerprint density at radius 1 is 1.00 bits per heavy atom. The van der Waals surface area contributed by atoms with Crippen LogP contribution in [0, 0.1) is 24.6 Å². The molecule has 1 saturated heterocycles. The number of fused-ring (bicyclic) bond motifs is 1. The number of aliphatic hydroxyl groups excluding tert-OH is 1. The van der Waals surface area contributed by atoms with Gasteiger partial charge in [-0.1, -0.05) is 6.07 Å². The topological polar surface area (TPSA) is 59.0 Å². The number of carbonyl (C=O) groups excluding carboxylic acids is 1. The van der Waals surface area contributed by atoms with Crippen LogP contribution in [-0.2, 0) is 21.8 Å². The largest absolute Gasteiger partial charge is 0.453 e. The van der Waals surface area contributed by atoms with Crippen molar-refractivity contribution >= 4 is 6.09 Å². The molecule has 2 aromatic rings. The van der Waals surface area contributed by atoms with Gasteiger partial charge < -0.3 is 14.6 Å². The normalized spacial score (nSPS) is 26.3. The summed E-state index contributed by atoms with van der Waals surface area (Å²) >= 11 is 0. The lowest BCUT2D eigenvalue weighted by Crippen LogP contribution is -2.40. The van der Waals surface area contributed by atoms with Gasteiger partial charge in [0, 0.05) is 18.4 Å². The molecule has 1 amide bonds. The highest BCUT2D eigenvalue weighted by Gasteiger charge is 2.52. The molecule has 0 aromatic heterocycles. The predicted octanol–water partition coefficient (Wildman–Crippen LogP) is 6.83. The minimum absolute atomic E-state index is 0.0629. The Kier molecular flexibility index (Phi) is 7.92. The van der Waals surface area contributed by atoms with Gasteiger partial charge in [0.2, 0.25) is 0 Å². The fraction of sp³-hybridized carbons (Fsp3) is 0.519. The average Bonchev–Trinajstić information content (AvgIpc) is 3.19. The summed E-state index contributed by atoms with van der Waals surface area (Å²) in [4.78, 5) is 13.4. The first-order valence-electron chi connectivity index (χ1n) is 12.3. The zero-order valence-electron chi connectivity index (χ0n) is 21.3. The molecule has 1 saturated carbocycles. The number of alkyl halides is 6. The lowest BCUT2D eigenvalue weighted by atomic mass is 9.68. The number of halogens is 7. The molecule has 0 radical (unpaired) electrons. The van der Waals surface area contributed by atoms with E-state index in [1.807, 2.05) is 0 Å². The van der Waals surface area contributed by atoms with Crippen molar-refractivity contribution in [2.45, 2.75) is 63.4 Å². The number of carbonyl (C=O) groups is 1. The van der Waals surface area contributed by atoms with Crippen LogP contribution in [0.2, 0.25) is 0 Å². The fourth-order valence-corrected chi connectivity index (χ4v) is 5.93. The van der Waals surface area contributed by atoms with Crippen LogP contribution in [0.4, 0.5) is 35.5 Å². The van der Waals surface area contributed by atoms with Gasteiger partial charge >= 0.3 is 18.4 Å². The molecule has 1 unspecified atom stereocenters. The summed E-state index contributed by atoms with van der Waals surface area (Å²) in [7, 11) is 1.18. The molecule has 214 valence electrons. The van der Waals surface area contributed by atoms with Gasteiger partial charge in [-0.3, -0.25) is 4.90 Å². The number of rotatable bonds is 4. The van der Waals surface area contributed by atoms with E-state index in [0.717, 1.165) is 0 Å². The summed E-state index contributed by atoms with van der Waals surface area (Å²) < 4.78 is 105. The minimum Gasteiger partial charge on any atom is -0.453 e. The first-order valence-corrected chi connectivity index (χ1v) is 12.3. The van der Waals surface area contributed by atoms with E-state index in [2.05, 4.69) is 0 Å². The Balaban J connectivity index is 1.71. The summed E-state index contributed by atoms with van der Waals surface area (Å²) in [5, 5.41) is 10.8. The number of aryl methyl sites for hydroxylation is 1. The summed E-state index contributed by atoms with van der Waals surface area (Å²) in [5.74, 6) is -1.80. The van der Waals surface area contributed by atoms with E-state index in [1.54, 1.807) is 13.0 Å². The number of hydrogen-bond acceptors (Lipinski definition) is 4. The van der Waals surface area contributed by atoms with Crippen molar-refractivity contribution in [3.8, 4) is 0 Å². The Morgan fingerprint density at radius 2 is 1.62 bits per heavy atom.